The average Bonchev–Trinajstić information content (AvgIpc) is 2.05. The monoisotopic (exact) mass is 293 g/mol. The van der Waals surface area contributed by atoms with Gasteiger partial charge in [0.05, 0.1) is 0 Å². The van der Waals surface area contributed by atoms with Crippen LogP contribution in [0.2, 0.25) is 0 Å². The number of alkyl halides is 9. The molecule has 0 rings (SSSR count). The van der Waals surface area contributed by atoms with Crippen LogP contribution in [0.25, 0.3) is 0 Å². The van der Waals surface area contributed by atoms with Gasteiger partial charge in [-0.25, -0.2) is 0 Å². The minimum Gasteiger partial charge on any atom is -0.348 e. The molecule has 0 aromatic carbocycles. The van der Waals surface area contributed by atoms with Crippen LogP contribution in [0.4, 0.5) is 39.5 Å². The second kappa shape index (κ2) is 5.51. The topological polar surface area (TPSA) is 35.2 Å². The molecule has 0 heterocycles. The highest BCUT2D eigenvalue weighted by molar-refractivity contribution is 4.80. The van der Waals surface area contributed by atoms with Gasteiger partial charge in [-0.15, -0.1) is 0 Å². The van der Waals surface area contributed by atoms with Gasteiger partial charge in [-0.1, -0.05) is 0 Å². The quantitative estimate of drug-likeness (QED) is 0.809. The number of hydrogen-bond donors (Lipinski definition) is 1. The lowest BCUT2D eigenvalue weighted by Crippen LogP contribution is -2.49. The Morgan fingerprint density at radius 3 is 1.39 bits per heavy atom. The maximum absolute atomic E-state index is 12.1. The van der Waals surface area contributed by atoms with Crippen LogP contribution in [0.15, 0.2) is 0 Å². The summed E-state index contributed by atoms with van der Waals surface area (Å²) < 4.78 is 111. The van der Waals surface area contributed by atoms with Crippen molar-refractivity contribution in [3.63, 3.8) is 0 Å². The summed E-state index contributed by atoms with van der Waals surface area (Å²) in [4.78, 5) is 0. The van der Waals surface area contributed by atoms with Crippen molar-refractivity contribution in [2.75, 3.05) is 6.54 Å². The summed E-state index contributed by atoms with van der Waals surface area (Å²) in [7, 11) is 0. The Morgan fingerprint density at radius 2 is 1.17 bits per heavy atom. The lowest BCUT2D eigenvalue weighted by atomic mass is 10.2. The van der Waals surface area contributed by atoms with E-state index in [0.717, 1.165) is 0 Å². The van der Waals surface area contributed by atoms with E-state index >= 15 is 0 Å². The summed E-state index contributed by atoms with van der Waals surface area (Å²) in [5.74, 6) is 0. The van der Waals surface area contributed by atoms with Crippen molar-refractivity contribution < 1.29 is 44.3 Å². The molecular formula is C7H8F9NO. The van der Waals surface area contributed by atoms with Crippen molar-refractivity contribution in [1.82, 2.24) is 0 Å². The second-order valence-electron chi connectivity index (χ2n) is 3.21. The number of nitrogens with two attached hydrogens (primary N) is 1. The van der Waals surface area contributed by atoms with Crippen molar-refractivity contribution in [1.29, 1.82) is 0 Å². The Morgan fingerprint density at radius 1 is 0.778 bits per heavy atom. The fourth-order valence-electron chi connectivity index (χ4n) is 0.964. The molecule has 0 aliphatic heterocycles. The van der Waals surface area contributed by atoms with Gasteiger partial charge < -0.3 is 10.5 Å². The minimum atomic E-state index is -5.99. The van der Waals surface area contributed by atoms with Gasteiger partial charge in [-0.05, 0) is 13.0 Å². The zero-order valence-corrected chi connectivity index (χ0v) is 8.46. The Bertz CT molecular complexity index is 241. The number of hydrogen-bond acceptors (Lipinski definition) is 2. The van der Waals surface area contributed by atoms with Crippen molar-refractivity contribution >= 4 is 0 Å². The lowest BCUT2D eigenvalue weighted by molar-refractivity contribution is -0.354. The van der Waals surface area contributed by atoms with Gasteiger partial charge in [0.25, 0.3) is 0 Å². The number of rotatable bonds is 4. The van der Waals surface area contributed by atoms with Gasteiger partial charge in [-0.3, -0.25) is 0 Å². The highest BCUT2D eigenvalue weighted by Gasteiger charge is 2.60. The molecule has 0 aromatic heterocycles. The third-order valence-electron chi connectivity index (χ3n) is 1.69. The first kappa shape index (κ1) is 17.3. The van der Waals surface area contributed by atoms with Gasteiger partial charge in [0.1, 0.15) is 0 Å². The maximum Gasteiger partial charge on any atom is 0.423 e. The van der Waals surface area contributed by atoms with E-state index < -0.39 is 43.7 Å². The average molecular weight is 293 g/mol. The second-order valence-corrected chi connectivity index (χ2v) is 3.21. The van der Waals surface area contributed by atoms with E-state index in [-0.39, 0.29) is 0 Å². The lowest BCUT2D eigenvalue weighted by Gasteiger charge is -2.28. The van der Waals surface area contributed by atoms with Crippen molar-refractivity contribution in [3.8, 4) is 0 Å². The van der Waals surface area contributed by atoms with E-state index in [0.29, 0.717) is 0 Å². The highest BCUT2D eigenvalue weighted by atomic mass is 19.4. The van der Waals surface area contributed by atoms with E-state index in [4.69, 9.17) is 0 Å². The summed E-state index contributed by atoms with van der Waals surface area (Å²) in [6.07, 6.45) is -26.3. The molecule has 0 amide bonds. The van der Waals surface area contributed by atoms with E-state index in [2.05, 4.69) is 10.5 Å². The summed E-state index contributed by atoms with van der Waals surface area (Å²) in [6.45, 7) is -0.771. The molecule has 0 bridgehead atoms. The Hall–Kier alpha value is -0.710. The van der Waals surface area contributed by atoms with E-state index in [9.17, 15) is 39.5 Å². The molecule has 18 heavy (non-hydrogen) atoms. The van der Waals surface area contributed by atoms with Crippen LogP contribution < -0.4 is 5.73 Å². The van der Waals surface area contributed by atoms with Crippen LogP contribution in [0.1, 0.15) is 6.42 Å². The van der Waals surface area contributed by atoms with E-state index in [1.807, 2.05) is 0 Å². The Labute approximate surface area is 94.9 Å². The molecule has 0 aliphatic carbocycles. The zero-order valence-electron chi connectivity index (χ0n) is 8.46. The molecule has 1 atom stereocenters. The molecule has 0 saturated carbocycles. The van der Waals surface area contributed by atoms with E-state index in [1.54, 1.807) is 0 Å². The van der Waals surface area contributed by atoms with Crippen LogP contribution in [0.5, 0.6) is 0 Å². The molecular weight excluding hydrogens is 285 g/mol. The highest BCUT2D eigenvalue weighted by Crippen LogP contribution is 2.39. The third kappa shape index (κ3) is 5.29. The summed E-state index contributed by atoms with van der Waals surface area (Å²) >= 11 is 0. The zero-order chi connectivity index (χ0) is 14.8. The molecule has 2 N–H and O–H groups in total. The van der Waals surface area contributed by atoms with Crippen LogP contribution >= 0.6 is 0 Å². The van der Waals surface area contributed by atoms with Gasteiger partial charge in [-0.2, -0.15) is 39.5 Å². The first-order valence-corrected chi connectivity index (χ1v) is 4.35. The van der Waals surface area contributed by atoms with Crippen LogP contribution in [0.3, 0.4) is 0 Å². The first-order chi connectivity index (χ1) is 7.80. The van der Waals surface area contributed by atoms with Crippen LogP contribution in [-0.2, 0) is 4.74 Å². The van der Waals surface area contributed by atoms with Crippen LogP contribution in [0, 0.1) is 0 Å². The molecule has 1 unspecified atom stereocenters. The van der Waals surface area contributed by atoms with Crippen molar-refractivity contribution in [2.24, 2.45) is 5.73 Å². The molecule has 0 fully saturated rings. The third-order valence-corrected chi connectivity index (χ3v) is 1.69. The molecule has 0 saturated heterocycles. The smallest absolute Gasteiger partial charge is 0.348 e. The van der Waals surface area contributed by atoms with Crippen molar-refractivity contribution in [3.05, 3.63) is 0 Å². The van der Waals surface area contributed by atoms with Gasteiger partial charge in [0, 0.05) is 0 Å². The molecule has 110 valence electrons. The summed E-state index contributed by atoms with van der Waals surface area (Å²) in [5, 5.41) is 0. The molecule has 0 aromatic rings. The minimum absolute atomic E-state index is 0.771. The molecule has 0 aliphatic rings. The van der Waals surface area contributed by atoms with Gasteiger partial charge in [0.15, 0.2) is 6.10 Å². The fraction of sp³-hybridized carbons (Fsp3) is 1.00. The van der Waals surface area contributed by atoms with Gasteiger partial charge >= 0.3 is 18.5 Å². The Kier molecular flexibility index (Phi) is 5.29. The first-order valence-electron chi connectivity index (χ1n) is 4.35. The predicted molar refractivity (Wildman–Crippen MR) is 40.5 cm³/mol. The largest absolute Gasteiger partial charge is 0.423 e. The molecule has 0 spiro atoms. The summed E-state index contributed by atoms with van der Waals surface area (Å²) in [5.41, 5.74) is 4.68. The number of halogens is 9. The Balaban J connectivity index is 5.06. The SMILES string of the molecule is NCCC(OC(C(F)(F)F)C(F)(F)F)C(F)(F)F. The van der Waals surface area contributed by atoms with E-state index in [1.165, 1.54) is 0 Å². The molecule has 11 heteroatoms. The normalized spacial score (nSPS) is 16.2. The maximum atomic E-state index is 12.1. The predicted octanol–water partition coefficient (Wildman–Crippen LogP) is 2.78. The van der Waals surface area contributed by atoms with Crippen LogP contribution in [-0.4, -0.2) is 37.3 Å². The van der Waals surface area contributed by atoms with Gasteiger partial charge in [0.2, 0.25) is 6.10 Å². The molecule has 2 nitrogen and oxygen atoms in total. The molecule has 0 radical (unpaired) electrons. The van der Waals surface area contributed by atoms with Crippen molar-refractivity contribution in [2.45, 2.75) is 37.2 Å². The standard InChI is InChI=1S/C7H8F9NO/c8-5(9,10)3(1-2-17)18-4(6(11,12)13)7(14,15)16/h3-4H,1-2,17H2. The number of ether oxygens (including phenoxy) is 1. The summed E-state index contributed by atoms with van der Waals surface area (Å²) in [6, 6.07) is 0. The fourth-order valence-corrected chi connectivity index (χ4v) is 0.964.